The second-order valence-corrected chi connectivity index (χ2v) is 3.61. The van der Waals surface area contributed by atoms with Gasteiger partial charge in [-0.1, -0.05) is 0 Å². The molecule has 1 heterocycles. The summed E-state index contributed by atoms with van der Waals surface area (Å²) in [6.45, 7) is 3.53. The Morgan fingerprint density at radius 3 is 2.82 bits per heavy atom. The molecule has 1 rings (SSSR count). The van der Waals surface area contributed by atoms with Crippen LogP contribution in [0.2, 0.25) is 0 Å². The van der Waals surface area contributed by atoms with E-state index in [1.807, 2.05) is 6.92 Å². The molecule has 0 saturated carbocycles. The van der Waals surface area contributed by atoms with Crippen LogP contribution in [0.4, 0.5) is 0 Å². The Morgan fingerprint density at radius 1 is 1.82 bits per heavy atom. The van der Waals surface area contributed by atoms with Gasteiger partial charge in [0.25, 0.3) is 0 Å². The molecule has 0 aromatic carbocycles. The Morgan fingerprint density at radius 2 is 2.45 bits per heavy atom. The number of hydrogen-bond acceptors (Lipinski definition) is 3. The van der Waals surface area contributed by atoms with Gasteiger partial charge in [0.2, 0.25) is 0 Å². The minimum atomic E-state index is -0.798. The number of hydrogen-bond donors (Lipinski definition) is 1. The summed E-state index contributed by atoms with van der Waals surface area (Å²) in [6, 6.07) is 0. The second-order valence-electron chi connectivity index (χ2n) is 2.34. The van der Waals surface area contributed by atoms with Crippen molar-refractivity contribution in [2.45, 2.75) is 19.8 Å². The third kappa shape index (κ3) is 1.77. The molecule has 0 fully saturated rings. The average molecular weight is 171 g/mol. The molecule has 11 heavy (non-hydrogen) atoms. The van der Waals surface area contributed by atoms with E-state index in [1.54, 1.807) is 13.1 Å². The van der Waals surface area contributed by atoms with Crippen molar-refractivity contribution in [2.75, 3.05) is 0 Å². The number of carboxylic acid groups (broad SMARTS) is 1. The van der Waals surface area contributed by atoms with E-state index in [9.17, 15) is 4.79 Å². The smallest absolute Gasteiger partial charge is 0.311 e. The van der Waals surface area contributed by atoms with Crippen LogP contribution >= 0.6 is 11.3 Å². The number of thiazole rings is 1. The molecule has 0 bridgehead atoms. The Bertz CT molecular complexity index is 269. The molecule has 4 heteroatoms. The van der Waals surface area contributed by atoms with E-state index in [4.69, 9.17) is 5.11 Å². The summed E-state index contributed by atoms with van der Waals surface area (Å²) < 4.78 is 0. The molecule has 0 aliphatic carbocycles. The zero-order chi connectivity index (χ0) is 8.43. The van der Waals surface area contributed by atoms with Crippen LogP contribution in [0.25, 0.3) is 0 Å². The van der Waals surface area contributed by atoms with Crippen LogP contribution in [-0.2, 0) is 4.79 Å². The van der Waals surface area contributed by atoms with Crippen molar-refractivity contribution in [1.29, 1.82) is 0 Å². The lowest BCUT2D eigenvalue weighted by Gasteiger charge is -1.99. The minimum absolute atomic E-state index is 0.429. The van der Waals surface area contributed by atoms with Gasteiger partial charge < -0.3 is 5.11 Å². The number of aromatic nitrogens is 1. The van der Waals surface area contributed by atoms with Gasteiger partial charge in [0.1, 0.15) is 0 Å². The van der Waals surface area contributed by atoms with E-state index in [0.29, 0.717) is 0 Å². The standard InChI is InChI=1S/C7H9NO2S/c1-4(7(9)10)6-3-8-5(2)11-6/h3-4H,1-2H3,(H,9,10). The molecule has 0 radical (unpaired) electrons. The number of carbonyl (C=O) groups is 1. The van der Waals surface area contributed by atoms with E-state index >= 15 is 0 Å². The van der Waals surface area contributed by atoms with Crippen LogP contribution in [0.5, 0.6) is 0 Å². The third-order valence-electron chi connectivity index (χ3n) is 1.44. The van der Waals surface area contributed by atoms with Crippen LogP contribution in [0.1, 0.15) is 22.7 Å². The zero-order valence-electron chi connectivity index (χ0n) is 6.37. The molecule has 1 aromatic rings. The quantitative estimate of drug-likeness (QED) is 0.735. The highest BCUT2D eigenvalue weighted by atomic mass is 32.1. The Kier molecular flexibility index (Phi) is 2.24. The Hall–Kier alpha value is -0.900. The van der Waals surface area contributed by atoms with Gasteiger partial charge in [-0.05, 0) is 13.8 Å². The molecule has 1 aromatic heterocycles. The maximum atomic E-state index is 10.5. The van der Waals surface area contributed by atoms with Crippen LogP contribution in [-0.4, -0.2) is 16.1 Å². The molecule has 0 saturated heterocycles. The summed E-state index contributed by atoms with van der Waals surface area (Å²) in [7, 11) is 0. The number of rotatable bonds is 2. The molecule has 3 nitrogen and oxygen atoms in total. The van der Waals surface area contributed by atoms with Crippen LogP contribution < -0.4 is 0 Å². The predicted octanol–water partition coefficient (Wildman–Crippen LogP) is 1.64. The first kappa shape index (κ1) is 8.20. The highest BCUT2D eigenvalue weighted by Crippen LogP contribution is 2.21. The van der Waals surface area contributed by atoms with Gasteiger partial charge in [-0.25, -0.2) is 4.98 Å². The van der Waals surface area contributed by atoms with Crippen molar-refractivity contribution in [3.8, 4) is 0 Å². The van der Waals surface area contributed by atoms with Crippen LogP contribution in [0.15, 0.2) is 6.20 Å². The number of carboxylic acids is 1. The number of aliphatic carboxylic acids is 1. The maximum Gasteiger partial charge on any atom is 0.311 e. The van der Waals surface area contributed by atoms with Gasteiger partial charge in [0.05, 0.1) is 10.9 Å². The molecule has 0 aliphatic rings. The molecule has 0 amide bonds. The van der Waals surface area contributed by atoms with Crippen molar-refractivity contribution in [3.63, 3.8) is 0 Å². The van der Waals surface area contributed by atoms with Gasteiger partial charge in [0.15, 0.2) is 0 Å². The summed E-state index contributed by atoms with van der Waals surface area (Å²) in [5.74, 6) is -1.23. The van der Waals surface area contributed by atoms with Crippen molar-refractivity contribution >= 4 is 17.3 Å². The second kappa shape index (κ2) is 3.00. The molecular weight excluding hydrogens is 162 g/mol. The third-order valence-corrected chi connectivity index (χ3v) is 2.53. The summed E-state index contributed by atoms with van der Waals surface area (Å²) >= 11 is 1.43. The fourth-order valence-corrected chi connectivity index (χ4v) is 1.53. The largest absolute Gasteiger partial charge is 0.481 e. The lowest BCUT2D eigenvalue weighted by atomic mass is 10.2. The van der Waals surface area contributed by atoms with E-state index in [-0.39, 0.29) is 0 Å². The topological polar surface area (TPSA) is 50.2 Å². The van der Waals surface area contributed by atoms with Gasteiger partial charge in [-0.15, -0.1) is 11.3 Å². The molecule has 0 spiro atoms. The summed E-state index contributed by atoms with van der Waals surface area (Å²) in [6.07, 6.45) is 1.62. The number of nitrogens with zero attached hydrogens (tertiary/aromatic N) is 1. The van der Waals surface area contributed by atoms with Crippen molar-refractivity contribution in [1.82, 2.24) is 4.98 Å². The SMILES string of the molecule is Cc1ncc(C(C)C(=O)O)s1. The minimum Gasteiger partial charge on any atom is -0.481 e. The van der Waals surface area contributed by atoms with E-state index in [0.717, 1.165) is 9.88 Å². The van der Waals surface area contributed by atoms with Gasteiger partial charge in [0, 0.05) is 11.1 Å². The normalized spacial score (nSPS) is 12.9. The molecule has 0 aliphatic heterocycles. The fourth-order valence-electron chi connectivity index (χ4n) is 0.700. The summed E-state index contributed by atoms with van der Waals surface area (Å²) in [5.41, 5.74) is 0. The highest BCUT2D eigenvalue weighted by Gasteiger charge is 2.15. The van der Waals surface area contributed by atoms with Crippen LogP contribution in [0.3, 0.4) is 0 Å². The molecular formula is C7H9NO2S. The molecule has 1 atom stereocenters. The average Bonchev–Trinajstić information content (AvgIpc) is 2.34. The lowest BCUT2D eigenvalue weighted by Crippen LogP contribution is -2.05. The van der Waals surface area contributed by atoms with E-state index < -0.39 is 11.9 Å². The molecule has 1 unspecified atom stereocenters. The predicted molar refractivity (Wildman–Crippen MR) is 42.9 cm³/mol. The Labute approximate surface area is 68.7 Å². The molecule has 1 N–H and O–H groups in total. The first-order valence-electron chi connectivity index (χ1n) is 3.26. The van der Waals surface area contributed by atoms with E-state index in [1.165, 1.54) is 11.3 Å². The van der Waals surface area contributed by atoms with Crippen molar-refractivity contribution in [2.24, 2.45) is 0 Å². The molecule has 60 valence electrons. The van der Waals surface area contributed by atoms with Crippen molar-refractivity contribution in [3.05, 3.63) is 16.1 Å². The number of aryl methyl sites for hydroxylation is 1. The first-order valence-corrected chi connectivity index (χ1v) is 4.08. The van der Waals surface area contributed by atoms with E-state index in [2.05, 4.69) is 4.98 Å². The highest BCUT2D eigenvalue weighted by molar-refractivity contribution is 7.11. The summed E-state index contributed by atoms with van der Waals surface area (Å²) in [4.78, 5) is 15.3. The fraction of sp³-hybridized carbons (Fsp3) is 0.429. The lowest BCUT2D eigenvalue weighted by molar-refractivity contribution is -0.138. The first-order chi connectivity index (χ1) is 5.11. The van der Waals surface area contributed by atoms with Gasteiger partial charge in [-0.2, -0.15) is 0 Å². The summed E-state index contributed by atoms with van der Waals surface area (Å²) in [5, 5.41) is 9.53. The van der Waals surface area contributed by atoms with Crippen LogP contribution in [0, 0.1) is 6.92 Å². The van der Waals surface area contributed by atoms with Gasteiger partial charge in [-0.3, -0.25) is 4.79 Å². The van der Waals surface area contributed by atoms with Crippen molar-refractivity contribution < 1.29 is 9.90 Å². The Balaban J connectivity index is 2.84. The monoisotopic (exact) mass is 171 g/mol. The van der Waals surface area contributed by atoms with Gasteiger partial charge >= 0.3 is 5.97 Å². The zero-order valence-corrected chi connectivity index (χ0v) is 7.18. The maximum absolute atomic E-state index is 10.5.